The Hall–Kier alpha value is -1.80. The third-order valence-corrected chi connectivity index (χ3v) is 2.86. The van der Waals surface area contributed by atoms with Crippen molar-refractivity contribution in [2.45, 2.75) is 0 Å². The second-order valence-electron chi connectivity index (χ2n) is 3.72. The van der Waals surface area contributed by atoms with Gasteiger partial charge in [0.2, 0.25) is 0 Å². The molecule has 0 bridgehead atoms. The molecular weight excluding hydrogens is 234 g/mol. The molecule has 2 aromatic carbocycles. The van der Waals surface area contributed by atoms with E-state index >= 15 is 0 Å². The highest BCUT2D eigenvalue weighted by Gasteiger charge is 2.08. The SMILES string of the molecule is CN(c1ccccc1)c1ccc(Cl)cc1C=O. The van der Waals surface area contributed by atoms with Gasteiger partial charge in [-0.1, -0.05) is 29.8 Å². The van der Waals surface area contributed by atoms with Crippen LogP contribution in [-0.2, 0) is 0 Å². The first-order valence-corrected chi connectivity index (χ1v) is 5.63. The Labute approximate surface area is 105 Å². The number of benzene rings is 2. The first kappa shape index (κ1) is 11.7. The number of rotatable bonds is 3. The van der Waals surface area contributed by atoms with Crippen molar-refractivity contribution in [2.75, 3.05) is 11.9 Å². The van der Waals surface area contributed by atoms with Crippen molar-refractivity contribution < 1.29 is 4.79 Å². The fraction of sp³-hybridized carbons (Fsp3) is 0.0714. The molecule has 0 aliphatic heterocycles. The van der Waals surface area contributed by atoms with E-state index in [4.69, 9.17) is 11.6 Å². The van der Waals surface area contributed by atoms with Crippen molar-refractivity contribution in [3.05, 3.63) is 59.1 Å². The van der Waals surface area contributed by atoms with Crippen LogP contribution in [0.2, 0.25) is 5.02 Å². The van der Waals surface area contributed by atoms with Crippen LogP contribution >= 0.6 is 11.6 Å². The smallest absolute Gasteiger partial charge is 0.152 e. The maximum absolute atomic E-state index is 11.0. The monoisotopic (exact) mass is 245 g/mol. The number of para-hydroxylation sites is 1. The summed E-state index contributed by atoms with van der Waals surface area (Å²) in [6, 6.07) is 15.2. The number of halogens is 1. The molecule has 0 heterocycles. The lowest BCUT2D eigenvalue weighted by Crippen LogP contribution is -2.11. The van der Waals surface area contributed by atoms with Crippen LogP contribution in [0.1, 0.15) is 10.4 Å². The lowest BCUT2D eigenvalue weighted by atomic mass is 10.1. The van der Waals surface area contributed by atoms with Crippen LogP contribution in [0.25, 0.3) is 0 Å². The van der Waals surface area contributed by atoms with Crippen molar-refractivity contribution >= 4 is 29.3 Å². The molecule has 17 heavy (non-hydrogen) atoms. The molecule has 0 saturated heterocycles. The Bertz CT molecular complexity index is 525. The molecule has 0 aromatic heterocycles. The summed E-state index contributed by atoms with van der Waals surface area (Å²) in [7, 11) is 1.92. The van der Waals surface area contributed by atoms with Crippen LogP contribution in [0.4, 0.5) is 11.4 Å². The van der Waals surface area contributed by atoms with E-state index in [0.29, 0.717) is 10.6 Å². The van der Waals surface area contributed by atoms with E-state index in [1.165, 1.54) is 0 Å². The Morgan fingerprint density at radius 2 is 1.82 bits per heavy atom. The van der Waals surface area contributed by atoms with E-state index in [1.807, 2.05) is 48.3 Å². The Morgan fingerprint density at radius 1 is 1.12 bits per heavy atom. The van der Waals surface area contributed by atoms with Crippen LogP contribution in [0.5, 0.6) is 0 Å². The minimum atomic E-state index is 0.567. The molecule has 0 spiro atoms. The summed E-state index contributed by atoms with van der Waals surface area (Å²) in [6.07, 6.45) is 0.820. The molecule has 86 valence electrons. The Kier molecular flexibility index (Phi) is 3.45. The van der Waals surface area contributed by atoms with Gasteiger partial charge in [-0.2, -0.15) is 0 Å². The summed E-state index contributed by atoms with van der Waals surface area (Å²) in [5, 5.41) is 0.567. The molecule has 0 saturated carbocycles. The third-order valence-electron chi connectivity index (χ3n) is 2.62. The van der Waals surface area contributed by atoms with E-state index in [1.54, 1.807) is 12.1 Å². The summed E-state index contributed by atoms with van der Waals surface area (Å²) in [5.41, 5.74) is 2.46. The second-order valence-corrected chi connectivity index (χ2v) is 4.15. The summed E-state index contributed by atoms with van der Waals surface area (Å²) in [4.78, 5) is 13.0. The summed E-state index contributed by atoms with van der Waals surface area (Å²) < 4.78 is 0. The van der Waals surface area contributed by atoms with E-state index in [9.17, 15) is 4.79 Å². The second kappa shape index (κ2) is 5.02. The summed E-state index contributed by atoms with van der Waals surface area (Å²) >= 11 is 5.87. The Morgan fingerprint density at radius 3 is 2.47 bits per heavy atom. The summed E-state index contributed by atoms with van der Waals surface area (Å²) in [6.45, 7) is 0. The lowest BCUT2D eigenvalue weighted by Gasteiger charge is -2.21. The van der Waals surface area contributed by atoms with Gasteiger partial charge in [-0.15, -0.1) is 0 Å². The first-order valence-electron chi connectivity index (χ1n) is 5.26. The standard InChI is InChI=1S/C14H12ClNO/c1-16(13-5-3-2-4-6-13)14-8-7-12(15)9-11(14)10-17/h2-10H,1H3. The molecule has 0 atom stereocenters. The van der Waals surface area contributed by atoms with Crippen molar-refractivity contribution in [3.63, 3.8) is 0 Å². The quantitative estimate of drug-likeness (QED) is 0.764. The zero-order chi connectivity index (χ0) is 12.3. The van der Waals surface area contributed by atoms with Gasteiger partial charge in [-0.25, -0.2) is 0 Å². The minimum absolute atomic E-state index is 0.567. The molecule has 0 aliphatic carbocycles. The van der Waals surface area contributed by atoms with Gasteiger partial charge in [0.25, 0.3) is 0 Å². The van der Waals surface area contributed by atoms with Crippen LogP contribution < -0.4 is 4.90 Å². The van der Waals surface area contributed by atoms with Gasteiger partial charge in [0.15, 0.2) is 6.29 Å². The zero-order valence-electron chi connectivity index (χ0n) is 9.43. The van der Waals surface area contributed by atoms with Gasteiger partial charge in [-0.05, 0) is 30.3 Å². The van der Waals surface area contributed by atoms with E-state index in [2.05, 4.69) is 0 Å². The highest BCUT2D eigenvalue weighted by Crippen LogP contribution is 2.27. The minimum Gasteiger partial charge on any atom is -0.344 e. The molecule has 0 aliphatic rings. The van der Waals surface area contributed by atoms with Crippen molar-refractivity contribution in [2.24, 2.45) is 0 Å². The van der Waals surface area contributed by atoms with Gasteiger partial charge in [0, 0.05) is 23.3 Å². The van der Waals surface area contributed by atoms with Crippen LogP contribution in [0.15, 0.2) is 48.5 Å². The molecule has 3 heteroatoms. The average Bonchev–Trinajstić information content (AvgIpc) is 2.39. The number of anilines is 2. The highest BCUT2D eigenvalue weighted by molar-refractivity contribution is 6.31. The number of hydrogen-bond acceptors (Lipinski definition) is 2. The molecule has 0 radical (unpaired) electrons. The van der Waals surface area contributed by atoms with Gasteiger partial charge >= 0.3 is 0 Å². The number of aldehydes is 1. The molecule has 2 rings (SSSR count). The number of hydrogen-bond donors (Lipinski definition) is 0. The van der Waals surface area contributed by atoms with Gasteiger partial charge < -0.3 is 4.90 Å². The van der Waals surface area contributed by atoms with E-state index in [-0.39, 0.29) is 0 Å². The number of carbonyl (C=O) groups excluding carboxylic acids is 1. The Balaban J connectivity index is 2.44. The van der Waals surface area contributed by atoms with Gasteiger partial charge in [0.05, 0.1) is 5.69 Å². The molecule has 0 amide bonds. The summed E-state index contributed by atoms with van der Waals surface area (Å²) in [5.74, 6) is 0. The molecule has 2 aromatic rings. The number of carbonyl (C=O) groups is 1. The van der Waals surface area contributed by atoms with Crippen molar-refractivity contribution in [3.8, 4) is 0 Å². The van der Waals surface area contributed by atoms with Crippen molar-refractivity contribution in [1.29, 1.82) is 0 Å². The first-order chi connectivity index (χ1) is 8.22. The number of nitrogens with zero attached hydrogens (tertiary/aromatic N) is 1. The molecule has 0 N–H and O–H groups in total. The van der Waals surface area contributed by atoms with Crippen LogP contribution in [-0.4, -0.2) is 13.3 Å². The maximum Gasteiger partial charge on any atom is 0.152 e. The fourth-order valence-electron chi connectivity index (χ4n) is 1.72. The van der Waals surface area contributed by atoms with Crippen LogP contribution in [0, 0.1) is 0 Å². The largest absolute Gasteiger partial charge is 0.344 e. The average molecular weight is 246 g/mol. The van der Waals surface area contributed by atoms with Crippen LogP contribution in [0.3, 0.4) is 0 Å². The zero-order valence-corrected chi connectivity index (χ0v) is 10.2. The predicted molar refractivity (Wildman–Crippen MR) is 71.3 cm³/mol. The van der Waals surface area contributed by atoms with E-state index < -0.39 is 0 Å². The third kappa shape index (κ3) is 2.48. The van der Waals surface area contributed by atoms with Gasteiger partial charge in [-0.3, -0.25) is 4.79 Å². The van der Waals surface area contributed by atoms with Gasteiger partial charge in [0.1, 0.15) is 0 Å². The fourth-order valence-corrected chi connectivity index (χ4v) is 1.90. The molecule has 0 fully saturated rings. The molecular formula is C14H12ClNO. The molecule has 2 nitrogen and oxygen atoms in total. The highest BCUT2D eigenvalue weighted by atomic mass is 35.5. The molecule has 0 unspecified atom stereocenters. The lowest BCUT2D eigenvalue weighted by molar-refractivity contribution is 0.112. The predicted octanol–water partition coefficient (Wildman–Crippen LogP) is 3.92. The topological polar surface area (TPSA) is 20.3 Å². The van der Waals surface area contributed by atoms with E-state index in [0.717, 1.165) is 17.7 Å². The maximum atomic E-state index is 11.0. The van der Waals surface area contributed by atoms with Crippen molar-refractivity contribution in [1.82, 2.24) is 0 Å². The normalized spacial score (nSPS) is 10.0.